The zero-order valence-electron chi connectivity index (χ0n) is 15.6. The Labute approximate surface area is 184 Å². The average molecular weight is 490 g/mol. The summed E-state index contributed by atoms with van der Waals surface area (Å²) in [5, 5.41) is 14.4. The van der Waals surface area contributed by atoms with E-state index in [4.69, 9.17) is 0 Å². The number of carbonyl (C=O) groups is 2. The van der Waals surface area contributed by atoms with Crippen molar-refractivity contribution in [3.8, 4) is 0 Å². The first kappa shape index (κ1) is 20.4. The van der Waals surface area contributed by atoms with Crippen molar-refractivity contribution in [2.45, 2.75) is 18.9 Å². The van der Waals surface area contributed by atoms with Crippen LogP contribution in [0.5, 0.6) is 0 Å². The molecule has 10 heteroatoms. The number of halogens is 2. The smallest absolute Gasteiger partial charge is 0.320 e. The van der Waals surface area contributed by atoms with Crippen LogP contribution in [0.1, 0.15) is 33.7 Å². The van der Waals surface area contributed by atoms with E-state index in [1.54, 1.807) is 11.0 Å². The highest BCUT2D eigenvalue weighted by molar-refractivity contribution is 9.10. The number of carbonyl (C=O) groups excluding carboxylic acids is 2. The van der Waals surface area contributed by atoms with Gasteiger partial charge in [0.15, 0.2) is 0 Å². The number of rotatable bonds is 4. The first-order chi connectivity index (χ1) is 14.5. The lowest BCUT2D eigenvalue weighted by molar-refractivity contribution is 0.102. The van der Waals surface area contributed by atoms with E-state index in [1.807, 2.05) is 24.3 Å². The fraction of sp³-hybridized carbons (Fsp3) is 0.200. The summed E-state index contributed by atoms with van der Waals surface area (Å²) >= 11 is 4.52. The number of likely N-dealkylation sites (tertiary alicyclic amines) is 1. The summed E-state index contributed by atoms with van der Waals surface area (Å²) in [6, 6.07) is 12.5. The van der Waals surface area contributed by atoms with Crippen LogP contribution in [0.15, 0.2) is 53.0 Å². The molecule has 2 N–H and O–H groups in total. The van der Waals surface area contributed by atoms with Crippen molar-refractivity contribution in [1.82, 2.24) is 15.1 Å². The molecule has 1 atom stereocenters. The standard InChI is InChI=1S/C20H17BrFN5O2S/c21-12-4-1-6-14(10-12)24-20(29)27-9-3-8-16(27)18-25-26-19(30-18)17(28)23-15-7-2-5-13(22)11-15/h1-2,4-7,10-11,16H,3,8-9H2,(H,23,28)(H,24,29)/t16-/m1/s1. The SMILES string of the molecule is O=C(Nc1cccc(F)c1)c1nnc([C@H]2CCCN2C(=O)Nc2cccc(Br)c2)s1. The van der Waals surface area contributed by atoms with Crippen LogP contribution in [0.2, 0.25) is 0 Å². The van der Waals surface area contributed by atoms with Gasteiger partial charge in [-0.05, 0) is 49.2 Å². The van der Waals surface area contributed by atoms with Crippen LogP contribution in [-0.4, -0.2) is 33.6 Å². The Kier molecular flexibility index (Phi) is 6.05. The molecular weight excluding hydrogens is 473 g/mol. The number of benzene rings is 2. The molecule has 1 aliphatic rings. The molecular formula is C20H17BrFN5O2S. The van der Waals surface area contributed by atoms with Crippen molar-refractivity contribution in [3.05, 3.63) is 68.8 Å². The van der Waals surface area contributed by atoms with Gasteiger partial charge in [0.25, 0.3) is 5.91 Å². The minimum absolute atomic E-state index is 0.161. The Morgan fingerprint density at radius 2 is 1.87 bits per heavy atom. The Bertz CT molecular complexity index is 1090. The van der Waals surface area contributed by atoms with Gasteiger partial charge in [-0.3, -0.25) is 4.79 Å². The van der Waals surface area contributed by atoms with E-state index < -0.39 is 11.7 Å². The second kappa shape index (κ2) is 8.88. The number of anilines is 2. The first-order valence-corrected chi connectivity index (χ1v) is 10.8. The lowest BCUT2D eigenvalue weighted by Crippen LogP contribution is -2.34. The number of amides is 3. The molecule has 0 saturated carbocycles. The molecule has 7 nitrogen and oxygen atoms in total. The highest BCUT2D eigenvalue weighted by atomic mass is 79.9. The Balaban J connectivity index is 1.45. The third kappa shape index (κ3) is 4.65. The van der Waals surface area contributed by atoms with Gasteiger partial charge < -0.3 is 15.5 Å². The molecule has 30 heavy (non-hydrogen) atoms. The summed E-state index contributed by atoms with van der Waals surface area (Å²) in [6.45, 7) is 0.592. The maximum atomic E-state index is 13.3. The van der Waals surface area contributed by atoms with Crippen LogP contribution in [0, 0.1) is 5.82 Å². The van der Waals surface area contributed by atoms with E-state index in [9.17, 15) is 14.0 Å². The lowest BCUT2D eigenvalue weighted by atomic mass is 10.2. The molecule has 0 spiro atoms. The van der Waals surface area contributed by atoms with Gasteiger partial charge in [-0.2, -0.15) is 0 Å². The third-order valence-corrected chi connectivity index (χ3v) is 6.11. The van der Waals surface area contributed by atoms with Crippen LogP contribution in [-0.2, 0) is 0 Å². The van der Waals surface area contributed by atoms with Crippen LogP contribution in [0.25, 0.3) is 0 Å². The summed E-state index contributed by atoms with van der Waals surface area (Å²) in [4.78, 5) is 26.9. The highest BCUT2D eigenvalue weighted by Crippen LogP contribution is 2.34. The second-order valence-electron chi connectivity index (χ2n) is 6.70. The van der Waals surface area contributed by atoms with E-state index in [2.05, 4.69) is 36.8 Å². The average Bonchev–Trinajstić information content (AvgIpc) is 3.37. The van der Waals surface area contributed by atoms with Crippen LogP contribution in [0.3, 0.4) is 0 Å². The van der Waals surface area contributed by atoms with Gasteiger partial charge >= 0.3 is 6.03 Å². The van der Waals surface area contributed by atoms with E-state index in [0.29, 0.717) is 22.9 Å². The predicted molar refractivity (Wildman–Crippen MR) is 116 cm³/mol. The number of hydrogen-bond acceptors (Lipinski definition) is 5. The van der Waals surface area contributed by atoms with Gasteiger partial charge in [-0.25, -0.2) is 9.18 Å². The molecule has 0 radical (unpaired) electrons. The highest BCUT2D eigenvalue weighted by Gasteiger charge is 2.33. The van der Waals surface area contributed by atoms with Crippen molar-refractivity contribution in [2.75, 3.05) is 17.2 Å². The number of hydrogen-bond donors (Lipinski definition) is 2. The molecule has 1 fully saturated rings. The second-order valence-corrected chi connectivity index (χ2v) is 8.63. The summed E-state index contributed by atoms with van der Waals surface area (Å²) in [7, 11) is 0. The molecule has 0 bridgehead atoms. The van der Waals surface area contributed by atoms with Crippen molar-refractivity contribution in [2.24, 2.45) is 0 Å². The van der Waals surface area contributed by atoms with Gasteiger partial charge in [0.05, 0.1) is 6.04 Å². The summed E-state index contributed by atoms with van der Waals surface area (Å²) in [6.07, 6.45) is 1.58. The molecule has 1 saturated heterocycles. The quantitative estimate of drug-likeness (QED) is 0.535. The Morgan fingerprint density at radius 1 is 1.10 bits per heavy atom. The lowest BCUT2D eigenvalue weighted by Gasteiger charge is -2.23. The van der Waals surface area contributed by atoms with Crippen molar-refractivity contribution in [3.63, 3.8) is 0 Å². The summed E-state index contributed by atoms with van der Waals surface area (Å²) in [5.74, 6) is -0.906. The topological polar surface area (TPSA) is 87.2 Å². The van der Waals surface area contributed by atoms with Crippen molar-refractivity contribution in [1.29, 1.82) is 0 Å². The monoisotopic (exact) mass is 489 g/mol. The van der Waals surface area contributed by atoms with Crippen LogP contribution in [0.4, 0.5) is 20.6 Å². The molecule has 3 amide bonds. The molecule has 1 aliphatic heterocycles. The van der Waals surface area contributed by atoms with Gasteiger partial charge in [0.2, 0.25) is 5.01 Å². The van der Waals surface area contributed by atoms with Crippen molar-refractivity contribution >= 4 is 50.6 Å². The van der Waals surface area contributed by atoms with Gasteiger partial charge in [-0.1, -0.05) is 39.4 Å². The Hall–Kier alpha value is -2.85. The van der Waals surface area contributed by atoms with E-state index in [0.717, 1.165) is 28.7 Å². The zero-order valence-corrected chi connectivity index (χ0v) is 18.0. The maximum absolute atomic E-state index is 13.3. The zero-order chi connectivity index (χ0) is 21.1. The summed E-state index contributed by atoms with van der Waals surface area (Å²) < 4.78 is 14.2. The van der Waals surface area contributed by atoms with E-state index in [-0.39, 0.29) is 17.1 Å². The number of nitrogens with zero attached hydrogens (tertiary/aromatic N) is 3. The minimum atomic E-state index is -0.465. The van der Waals surface area contributed by atoms with E-state index >= 15 is 0 Å². The molecule has 2 aromatic carbocycles. The number of aromatic nitrogens is 2. The number of urea groups is 1. The van der Waals surface area contributed by atoms with E-state index in [1.165, 1.54) is 18.2 Å². The van der Waals surface area contributed by atoms with Crippen molar-refractivity contribution < 1.29 is 14.0 Å². The number of nitrogens with one attached hydrogen (secondary N) is 2. The fourth-order valence-corrected chi connectivity index (χ4v) is 4.53. The molecule has 154 valence electrons. The molecule has 1 aromatic heterocycles. The first-order valence-electron chi connectivity index (χ1n) is 9.23. The molecule has 3 aromatic rings. The van der Waals surface area contributed by atoms with Crippen LogP contribution >= 0.6 is 27.3 Å². The molecule has 0 unspecified atom stereocenters. The summed E-state index contributed by atoms with van der Waals surface area (Å²) in [5.41, 5.74) is 1.03. The maximum Gasteiger partial charge on any atom is 0.322 e. The molecule has 2 heterocycles. The Morgan fingerprint density at radius 3 is 2.63 bits per heavy atom. The molecule has 0 aliphatic carbocycles. The molecule has 4 rings (SSSR count). The van der Waals surface area contributed by atoms with Gasteiger partial charge in [-0.15, -0.1) is 10.2 Å². The predicted octanol–water partition coefficient (Wildman–Crippen LogP) is 5.06. The third-order valence-electron chi connectivity index (χ3n) is 4.59. The minimum Gasteiger partial charge on any atom is -0.320 e. The fourth-order valence-electron chi connectivity index (χ4n) is 3.24. The normalized spacial score (nSPS) is 15.8. The van der Waals surface area contributed by atoms with Crippen LogP contribution < -0.4 is 10.6 Å². The van der Waals surface area contributed by atoms with Gasteiger partial charge in [0.1, 0.15) is 10.8 Å². The largest absolute Gasteiger partial charge is 0.322 e. The van der Waals surface area contributed by atoms with Gasteiger partial charge in [0, 0.05) is 22.4 Å².